The van der Waals surface area contributed by atoms with Crippen LogP contribution in [0.3, 0.4) is 0 Å². The number of hydrogen-bond acceptors (Lipinski definition) is 3. The molecule has 1 rings (SSSR count). The molecule has 0 aliphatic heterocycles. The summed E-state index contributed by atoms with van der Waals surface area (Å²) in [5.41, 5.74) is 0.598. The van der Waals surface area contributed by atoms with E-state index in [9.17, 15) is 4.79 Å². The number of halogens is 1. The number of methoxy groups -OCH3 is 1. The van der Waals surface area contributed by atoms with E-state index in [2.05, 4.69) is 15.6 Å². The minimum atomic E-state index is -0.575. The molecule has 1 aromatic rings. The van der Waals surface area contributed by atoms with Crippen LogP contribution >= 0.6 is 11.6 Å². The van der Waals surface area contributed by atoms with Crippen LogP contribution in [-0.4, -0.2) is 18.1 Å². The number of esters is 1. The quantitative estimate of drug-likeness (QED) is 0.504. The number of pyridine rings is 1. The molecule has 0 atom stereocenters. The van der Waals surface area contributed by atoms with Gasteiger partial charge in [0.05, 0.1) is 12.1 Å². The van der Waals surface area contributed by atoms with Crippen molar-refractivity contribution < 1.29 is 9.53 Å². The lowest BCUT2D eigenvalue weighted by Gasteiger charge is -2.00. The smallest absolute Gasteiger partial charge is 0.358 e. The van der Waals surface area contributed by atoms with E-state index in [0.717, 1.165) is 0 Å². The van der Waals surface area contributed by atoms with E-state index in [0.29, 0.717) is 5.56 Å². The molecule has 0 aliphatic rings. The van der Waals surface area contributed by atoms with Crippen LogP contribution in [0.5, 0.6) is 0 Å². The number of terminal acetylenes is 1. The maximum atomic E-state index is 11.0. The first-order valence-electron chi connectivity index (χ1n) is 3.39. The second-order valence-electron chi connectivity index (χ2n) is 2.19. The Morgan fingerprint density at radius 3 is 2.92 bits per heavy atom. The minimum absolute atomic E-state index is 0.0724. The summed E-state index contributed by atoms with van der Waals surface area (Å²) < 4.78 is 4.45. The van der Waals surface area contributed by atoms with Gasteiger partial charge in [0.2, 0.25) is 0 Å². The number of aromatic nitrogens is 1. The molecule has 0 radical (unpaired) electrons. The fourth-order valence-corrected chi connectivity index (χ4v) is 1.01. The highest BCUT2D eigenvalue weighted by molar-refractivity contribution is 6.33. The molecule has 66 valence electrons. The largest absolute Gasteiger partial charge is 0.464 e. The van der Waals surface area contributed by atoms with Crippen LogP contribution in [0.25, 0.3) is 0 Å². The average Bonchev–Trinajstić information content (AvgIpc) is 2.16. The molecule has 0 bridgehead atoms. The van der Waals surface area contributed by atoms with Crippen LogP contribution < -0.4 is 0 Å². The van der Waals surface area contributed by atoms with Crippen molar-refractivity contribution in [2.75, 3.05) is 7.11 Å². The number of rotatable bonds is 1. The summed E-state index contributed by atoms with van der Waals surface area (Å²) in [6.07, 6.45) is 6.50. The lowest BCUT2D eigenvalue weighted by molar-refractivity contribution is 0.0594. The van der Waals surface area contributed by atoms with Crippen LogP contribution in [-0.2, 0) is 4.74 Å². The number of ether oxygens (including phenoxy) is 1. The number of nitrogens with zero attached hydrogens (tertiary/aromatic N) is 1. The summed E-state index contributed by atoms with van der Waals surface area (Å²) in [5, 5.41) is 0.197. The highest BCUT2D eigenvalue weighted by atomic mass is 35.5. The summed E-state index contributed by atoms with van der Waals surface area (Å²) in [6, 6.07) is 1.49. The van der Waals surface area contributed by atoms with E-state index in [4.69, 9.17) is 18.0 Å². The lowest BCUT2D eigenvalue weighted by atomic mass is 10.2. The molecule has 4 heteroatoms. The Labute approximate surface area is 80.7 Å². The van der Waals surface area contributed by atoms with Crippen LogP contribution in [0.15, 0.2) is 12.3 Å². The van der Waals surface area contributed by atoms with E-state index >= 15 is 0 Å². The standard InChI is InChI=1S/C9H6ClNO2/c1-3-6-4-7(10)8(11-5-6)9(12)13-2/h1,4-5H,2H3. The first kappa shape index (κ1) is 9.56. The number of carbonyl (C=O) groups is 1. The molecule has 0 saturated carbocycles. The first-order chi connectivity index (χ1) is 6.19. The second kappa shape index (κ2) is 3.92. The van der Waals surface area contributed by atoms with Crippen LogP contribution in [0.1, 0.15) is 16.1 Å². The van der Waals surface area contributed by atoms with Crippen LogP contribution in [0, 0.1) is 12.3 Å². The molecule has 0 N–H and O–H groups in total. The lowest BCUT2D eigenvalue weighted by Crippen LogP contribution is -2.05. The summed E-state index contributed by atoms with van der Waals surface area (Å²) in [6.45, 7) is 0. The highest BCUT2D eigenvalue weighted by Crippen LogP contribution is 2.15. The zero-order valence-corrected chi connectivity index (χ0v) is 7.63. The van der Waals surface area contributed by atoms with Crippen molar-refractivity contribution in [1.82, 2.24) is 4.98 Å². The fraction of sp³-hybridized carbons (Fsp3) is 0.111. The summed E-state index contributed by atoms with van der Waals surface area (Å²) >= 11 is 5.72. The molecule has 0 aliphatic carbocycles. The molecule has 0 amide bonds. The Kier molecular flexibility index (Phi) is 2.88. The van der Waals surface area contributed by atoms with Gasteiger partial charge < -0.3 is 4.74 Å². The van der Waals surface area contributed by atoms with E-state index in [-0.39, 0.29) is 10.7 Å². The third-order valence-corrected chi connectivity index (χ3v) is 1.67. The van der Waals surface area contributed by atoms with Crippen molar-refractivity contribution in [1.29, 1.82) is 0 Å². The first-order valence-corrected chi connectivity index (χ1v) is 3.77. The van der Waals surface area contributed by atoms with Crippen LogP contribution in [0.4, 0.5) is 0 Å². The molecule has 1 heterocycles. The third kappa shape index (κ3) is 1.98. The van der Waals surface area contributed by atoms with Gasteiger partial charge in [-0.05, 0) is 6.07 Å². The van der Waals surface area contributed by atoms with Gasteiger partial charge in [0.15, 0.2) is 5.69 Å². The van der Waals surface area contributed by atoms with E-state index in [1.807, 2.05) is 0 Å². The fourth-order valence-electron chi connectivity index (χ4n) is 0.764. The maximum Gasteiger partial charge on any atom is 0.358 e. The predicted octanol–water partition coefficient (Wildman–Crippen LogP) is 1.50. The Balaban J connectivity index is 3.14. The van der Waals surface area contributed by atoms with Crippen molar-refractivity contribution >= 4 is 17.6 Å². The second-order valence-corrected chi connectivity index (χ2v) is 2.60. The Bertz CT molecular complexity index is 382. The third-order valence-electron chi connectivity index (χ3n) is 1.39. The summed E-state index contributed by atoms with van der Waals surface area (Å²) in [7, 11) is 1.26. The zero-order valence-electron chi connectivity index (χ0n) is 6.87. The molecular weight excluding hydrogens is 190 g/mol. The van der Waals surface area contributed by atoms with Gasteiger partial charge in [0.1, 0.15) is 0 Å². The highest BCUT2D eigenvalue weighted by Gasteiger charge is 2.11. The van der Waals surface area contributed by atoms with Gasteiger partial charge in [0, 0.05) is 11.8 Å². The van der Waals surface area contributed by atoms with Gasteiger partial charge >= 0.3 is 5.97 Å². The van der Waals surface area contributed by atoms with Gasteiger partial charge in [-0.15, -0.1) is 6.42 Å². The van der Waals surface area contributed by atoms with Gasteiger partial charge in [-0.3, -0.25) is 0 Å². The van der Waals surface area contributed by atoms with Crippen molar-refractivity contribution in [2.24, 2.45) is 0 Å². The molecule has 0 aromatic carbocycles. The van der Waals surface area contributed by atoms with Gasteiger partial charge in [-0.1, -0.05) is 17.5 Å². The summed E-state index contributed by atoms with van der Waals surface area (Å²) in [5.74, 6) is 1.78. The minimum Gasteiger partial charge on any atom is -0.464 e. The molecular formula is C9H6ClNO2. The Morgan fingerprint density at radius 1 is 1.77 bits per heavy atom. The average molecular weight is 196 g/mol. The van der Waals surface area contributed by atoms with Gasteiger partial charge in [-0.2, -0.15) is 0 Å². The molecule has 1 aromatic heterocycles. The van der Waals surface area contributed by atoms with E-state index in [1.165, 1.54) is 19.4 Å². The van der Waals surface area contributed by atoms with Crippen LogP contribution in [0.2, 0.25) is 5.02 Å². The molecule has 3 nitrogen and oxygen atoms in total. The van der Waals surface area contributed by atoms with E-state index < -0.39 is 5.97 Å². The topological polar surface area (TPSA) is 39.2 Å². The maximum absolute atomic E-state index is 11.0. The van der Waals surface area contributed by atoms with Gasteiger partial charge in [-0.25, -0.2) is 9.78 Å². The van der Waals surface area contributed by atoms with E-state index in [1.54, 1.807) is 0 Å². The Morgan fingerprint density at radius 2 is 2.46 bits per heavy atom. The monoisotopic (exact) mass is 195 g/mol. The van der Waals surface area contributed by atoms with Crippen molar-refractivity contribution in [2.45, 2.75) is 0 Å². The Hall–Kier alpha value is -1.53. The molecule has 0 saturated heterocycles. The molecule has 0 unspecified atom stereocenters. The van der Waals surface area contributed by atoms with Gasteiger partial charge in [0.25, 0.3) is 0 Å². The van der Waals surface area contributed by atoms with Crippen molar-refractivity contribution in [3.8, 4) is 12.3 Å². The zero-order chi connectivity index (χ0) is 9.84. The molecule has 0 spiro atoms. The number of hydrogen-bond donors (Lipinski definition) is 0. The summed E-state index contributed by atoms with van der Waals surface area (Å²) in [4.78, 5) is 14.8. The molecule has 13 heavy (non-hydrogen) atoms. The predicted molar refractivity (Wildman–Crippen MR) is 48.5 cm³/mol. The van der Waals surface area contributed by atoms with Crippen molar-refractivity contribution in [3.63, 3.8) is 0 Å². The molecule has 0 fully saturated rings. The van der Waals surface area contributed by atoms with Crippen molar-refractivity contribution in [3.05, 3.63) is 28.5 Å². The number of carbonyl (C=O) groups excluding carboxylic acids is 1. The SMILES string of the molecule is C#Cc1cnc(C(=O)OC)c(Cl)c1. The normalized spacial score (nSPS) is 9.00.